The van der Waals surface area contributed by atoms with Gasteiger partial charge in [0.15, 0.2) is 0 Å². The molecule has 2 nitrogen and oxygen atoms in total. The Kier molecular flexibility index (Phi) is 6.16. The van der Waals surface area contributed by atoms with Gasteiger partial charge in [-0.15, -0.1) is 0 Å². The lowest BCUT2D eigenvalue weighted by molar-refractivity contribution is 0.173. The van der Waals surface area contributed by atoms with E-state index in [1.54, 1.807) is 12.1 Å². The van der Waals surface area contributed by atoms with Crippen LogP contribution in [0, 0.1) is 5.82 Å². The molecule has 1 atom stereocenters. The van der Waals surface area contributed by atoms with Crippen molar-refractivity contribution in [2.75, 3.05) is 7.05 Å². The highest BCUT2D eigenvalue weighted by Gasteiger charge is 2.14. The van der Waals surface area contributed by atoms with Crippen molar-refractivity contribution in [1.29, 1.82) is 0 Å². The Morgan fingerprint density at radius 1 is 1.09 bits per heavy atom. The van der Waals surface area contributed by atoms with Gasteiger partial charge in [-0.3, -0.25) is 0 Å². The van der Waals surface area contributed by atoms with Crippen LogP contribution in [0.25, 0.3) is 0 Å². The maximum atomic E-state index is 12.9. The minimum absolute atomic E-state index is 0.118. The van der Waals surface area contributed by atoms with E-state index in [9.17, 15) is 4.39 Å². The predicted molar refractivity (Wildman–Crippen MR) is 87.9 cm³/mol. The molecule has 3 heteroatoms. The summed E-state index contributed by atoms with van der Waals surface area (Å²) in [6, 6.07) is 16.8. The third-order valence-corrected chi connectivity index (χ3v) is 3.58. The third-order valence-electron chi connectivity index (χ3n) is 3.58. The van der Waals surface area contributed by atoms with Gasteiger partial charge < -0.3 is 10.1 Å². The van der Waals surface area contributed by atoms with Gasteiger partial charge in [0.25, 0.3) is 0 Å². The smallest absolute Gasteiger partial charge is 0.123 e. The molecule has 0 radical (unpaired) electrons. The zero-order valence-electron chi connectivity index (χ0n) is 13.1. The fraction of sp³-hybridized carbons (Fsp3) is 0.263. The Hall–Kier alpha value is -2.13. The van der Waals surface area contributed by atoms with E-state index >= 15 is 0 Å². The quantitative estimate of drug-likeness (QED) is 0.778. The molecular formula is C19H22FNO. The normalized spacial score (nSPS) is 13.0. The largest absolute Gasteiger partial charge is 0.492 e. The number of halogens is 1. The van der Waals surface area contributed by atoms with E-state index in [1.807, 2.05) is 38.2 Å². The summed E-state index contributed by atoms with van der Waals surface area (Å²) in [7, 11) is 1.93. The van der Waals surface area contributed by atoms with Crippen LogP contribution in [0.5, 0.6) is 0 Å². The maximum Gasteiger partial charge on any atom is 0.123 e. The van der Waals surface area contributed by atoms with Crippen LogP contribution in [0.15, 0.2) is 66.4 Å². The minimum Gasteiger partial charge on any atom is -0.492 e. The van der Waals surface area contributed by atoms with Crippen LogP contribution in [-0.4, -0.2) is 13.1 Å². The van der Waals surface area contributed by atoms with Gasteiger partial charge in [-0.1, -0.05) is 42.5 Å². The Balaban J connectivity index is 1.98. The Morgan fingerprint density at radius 3 is 2.36 bits per heavy atom. The van der Waals surface area contributed by atoms with Crippen molar-refractivity contribution in [2.24, 2.45) is 0 Å². The Morgan fingerprint density at radius 2 is 1.77 bits per heavy atom. The molecule has 0 aliphatic rings. The number of hydrogen-bond donors (Lipinski definition) is 1. The number of ether oxygens (including phenoxy) is 1. The van der Waals surface area contributed by atoms with Gasteiger partial charge in [0.1, 0.15) is 18.2 Å². The molecular weight excluding hydrogens is 277 g/mol. The van der Waals surface area contributed by atoms with E-state index in [0.717, 1.165) is 17.7 Å². The van der Waals surface area contributed by atoms with Gasteiger partial charge in [0, 0.05) is 0 Å². The maximum absolute atomic E-state index is 12.9. The number of allylic oxidation sites excluding steroid dienone is 1. The molecule has 0 amide bonds. The van der Waals surface area contributed by atoms with Gasteiger partial charge in [0.2, 0.25) is 0 Å². The second-order valence-electron chi connectivity index (χ2n) is 5.14. The summed E-state index contributed by atoms with van der Waals surface area (Å²) in [5, 5.41) is 3.29. The summed E-state index contributed by atoms with van der Waals surface area (Å²) in [5.74, 6) is 0.669. The van der Waals surface area contributed by atoms with Crippen molar-refractivity contribution in [3.8, 4) is 0 Å². The van der Waals surface area contributed by atoms with Gasteiger partial charge in [-0.05, 0) is 49.7 Å². The monoisotopic (exact) mass is 299 g/mol. The predicted octanol–water partition coefficient (Wildman–Crippen LogP) is 4.08. The van der Waals surface area contributed by atoms with Crippen LogP contribution in [0.4, 0.5) is 4.39 Å². The van der Waals surface area contributed by atoms with E-state index in [-0.39, 0.29) is 11.9 Å². The lowest BCUT2D eigenvalue weighted by Gasteiger charge is -2.21. The van der Waals surface area contributed by atoms with Gasteiger partial charge in [0.05, 0.1) is 6.04 Å². The molecule has 0 aliphatic carbocycles. The molecule has 2 aromatic carbocycles. The van der Waals surface area contributed by atoms with E-state index in [0.29, 0.717) is 6.61 Å². The van der Waals surface area contributed by atoms with E-state index in [4.69, 9.17) is 4.74 Å². The van der Waals surface area contributed by atoms with Crippen LogP contribution in [0.3, 0.4) is 0 Å². The van der Waals surface area contributed by atoms with Gasteiger partial charge in [-0.25, -0.2) is 4.39 Å². The molecule has 2 rings (SSSR count). The van der Waals surface area contributed by atoms with Crippen molar-refractivity contribution >= 4 is 0 Å². The van der Waals surface area contributed by atoms with Crippen LogP contribution < -0.4 is 5.32 Å². The molecule has 0 heterocycles. The molecule has 0 aromatic heterocycles. The van der Waals surface area contributed by atoms with Gasteiger partial charge >= 0.3 is 0 Å². The first-order chi connectivity index (χ1) is 10.7. The molecule has 0 saturated carbocycles. The fourth-order valence-electron chi connectivity index (χ4n) is 2.33. The zero-order chi connectivity index (χ0) is 15.8. The second-order valence-corrected chi connectivity index (χ2v) is 5.14. The molecule has 0 saturated heterocycles. The fourth-order valence-corrected chi connectivity index (χ4v) is 2.33. The number of likely N-dealkylation sites (N-methyl/N-ethyl adjacent to an activating group) is 1. The topological polar surface area (TPSA) is 21.3 Å². The highest BCUT2D eigenvalue weighted by molar-refractivity contribution is 5.20. The third kappa shape index (κ3) is 4.71. The minimum atomic E-state index is -0.229. The molecule has 2 aromatic rings. The highest BCUT2D eigenvalue weighted by Crippen LogP contribution is 2.14. The summed E-state index contributed by atoms with van der Waals surface area (Å²) >= 11 is 0. The highest BCUT2D eigenvalue weighted by atomic mass is 19.1. The number of hydrogen-bond acceptors (Lipinski definition) is 2. The standard InChI is InChI=1S/C19H22FNO/c1-3-19(22-14-16-9-11-17(20)12-10-16)18(21-2)13-15-7-5-4-6-8-15/h3-12,18,21H,13-14H2,1-2H3/b19-3+/t18-/m0/s1. The second kappa shape index (κ2) is 8.35. The van der Waals surface area contributed by atoms with Crippen LogP contribution in [-0.2, 0) is 17.8 Å². The van der Waals surface area contributed by atoms with Crippen molar-refractivity contribution < 1.29 is 9.13 Å². The van der Waals surface area contributed by atoms with Crippen molar-refractivity contribution in [2.45, 2.75) is 26.0 Å². The van der Waals surface area contributed by atoms with Crippen molar-refractivity contribution in [1.82, 2.24) is 5.32 Å². The SMILES string of the molecule is C/C=C(/OCc1ccc(F)cc1)[C@H](Cc1ccccc1)NC. The van der Waals surface area contributed by atoms with Gasteiger partial charge in [-0.2, -0.15) is 0 Å². The molecule has 0 spiro atoms. The molecule has 0 fully saturated rings. The van der Waals surface area contributed by atoms with Crippen molar-refractivity contribution in [3.63, 3.8) is 0 Å². The van der Waals surface area contributed by atoms with Crippen LogP contribution >= 0.6 is 0 Å². The lowest BCUT2D eigenvalue weighted by atomic mass is 10.0. The summed E-state index contributed by atoms with van der Waals surface area (Å²) in [4.78, 5) is 0. The van der Waals surface area contributed by atoms with E-state index < -0.39 is 0 Å². The molecule has 1 N–H and O–H groups in total. The molecule has 22 heavy (non-hydrogen) atoms. The van der Waals surface area contributed by atoms with Crippen LogP contribution in [0.1, 0.15) is 18.1 Å². The van der Waals surface area contributed by atoms with Crippen LogP contribution in [0.2, 0.25) is 0 Å². The first-order valence-corrected chi connectivity index (χ1v) is 7.47. The summed E-state index contributed by atoms with van der Waals surface area (Å²) in [6.07, 6.45) is 2.84. The molecule has 0 unspecified atom stereocenters. The number of nitrogens with one attached hydrogen (secondary N) is 1. The van der Waals surface area contributed by atoms with Crippen molar-refractivity contribution in [3.05, 3.63) is 83.4 Å². The molecule has 116 valence electrons. The lowest BCUT2D eigenvalue weighted by Crippen LogP contribution is -2.30. The summed E-state index contributed by atoms with van der Waals surface area (Å²) in [6.45, 7) is 2.41. The van der Waals surface area contributed by atoms with E-state index in [1.165, 1.54) is 17.7 Å². The first kappa shape index (κ1) is 16.2. The molecule has 0 aliphatic heterocycles. The number of benzene rings is 2. The zero-order valence-corrected chi connectivity index (χ0v) is 13.1. The number of rotatable bonds is 7. The first-order valence-electron chi connectivity index (χ1n) is 7.47. The Bertz CT molecular complexity index is 593. The average Bonchev–Trinajstić information content (AvgIpc) is 2.56. The molecule has 0 bridgehead atoms. The Labute approximate surface area is 131 Å². The average molecular weight is 299 g/mol. The summed E-state index contributed by atoms with van der Waals surface area (Å²) in [5.41, 5.74) is 2.21. The van der Waals surface area contributed by atoms with E-state index in [2.05, 4.69) is 17.4 Å². The summed E-state index contributed by atoms with van der Waals surface area (Å²) < 4.78 is 18.8.